The van der Waals surface area contributed by atoms with Crippen molar-refractivity contribution in [2.45, 2.75) is 13.0 Å². The second-order valence-corrected chi connectivity index (χ2v) is 5.65. The summed E-state index contributed by atoms with van der Waals surface area (Å²) in [7, 11) is 0. The van der Waals surface area contributed by atoms with Crippen molar-refractivity contribution in [3.8, 4) is 0 Å². The van der Waals surface area contributed by atoms with Crippen molar-refractivity contribution in [3.63, 3.8) is 0 Å². The Morgan fingerprint density at radius 3 is 2.65 bits per heavy atom. The normalized spacial score (nSPS) is 11.6. The van der Waals surface area contributed by atoms with Gasteiger partial charge in [-0.05, 0) is 24.6 Å². The lowest BCUT2D eigenvalue weighted by atomic mass is 10.1. The van der Waals surface area contributed by atoms with Crippen LogP contribution < -0.4 is 10.0 Å². The maximum absolute atomic E-state index is 11.9. The fourth-order valence-electron chi connectivity index (χ4n) is 1.98. The average Bonchev–Trinajstić information content (AvgIpc) is 2.53. The number of amides is 1. The number of nitrogens with zero attached hydrogens (tertiary/aromatic N) is 1. The predicted molar refractivity (Wildman–Crippen MR) is 86.4 cm³/mol. The molecule has 1 amide bonds. The molecule has 1 atom stereocenters. The number of pyridine rings is 1. The number of hydrogen-bond donors (Lipinski definition) is 1. The summed E-state index contributed by atoms with van der Waals surface area (Å²) < 4.78 is 6.12. The molecule has 0 saturated carbocycles. The van der Waals surface area contributed by atoms with Gasteiger partial charge in [-0.3, -0.25) is 4.79 Å². The number of aromatic nitrogens is 1. The van der Waals surface area contributed by atoms with Crippen LogP contribution in [0.5, 0.6) is 0 Å². The molecule has 0 saturated heterocycles. The molecule has 1 aromatic heterocycles. The van der Waals surface area contributed by atoms with Crippen molar-refractivity contribution in [1.29, 1.82) is 0 Å². The third-order valence-corrected chi connectivity index (χ3v) is 3.84. The van der Waals surface area contributed by atoms with Crippen LogP contribution in [0.1, 0.15) is 29.0 Å². The summed E-state index contributed by atoms with van der Waals surface area (Å²) in [5.41, 5.74) is 0.742. The Hall–Kier alpha value is -2.41. The molecule has 120 valence electrons. The number of esters is 1. The number of benzene rings is 1. The minimum Gasteiger partial charge on any atom is -0.618 e. The standard InChI is InChI=1S/C16H15BrN2O4/c1-11(12-6-2-3-7-13(12)17)18-15(20)10-23-16(21)14-8-4-5-9-19(14)22/h2-9,11H,10H2,1H3,(H,18,20)/t11-/m0/s1. The minimum atomic E-state index is -0.843. The number of ether oxygens (including phenoxy) is 1. The summed E-state index contributed by atoms with van der Waals surface area (Å²) in [6, 6.07) is 11.6. The molecule has 1 heterocycles. The van der Waals surface area contributed by atoms with Gasteiger partial charge in [0.1, 0.15) is 0 Å². The lowest BCUT2D eigenvalue weighted by molar-refractivity contribution is -0.608. The lowest BCUT2D eigenvalue weighted by Gasteiger charge is -2.15. The van der Waals surface area contributed by atoms with Crippen LogP contribution in [0.25, 0.3) is 0 Å². The molecule has 1 aromatic carbocycles. The average molecular weight is 379 g/mol. The Morgan fingerprint density at radius 2 is 1.96 bits per heavy atom. The van der Waals surface area contributed by atoms with E-state index in [1.54, 1.807) is 6.07 Å². The highest BCUT2D eigenvalue weighted by molar-refractivity contribution is 9.10. The molecule has 6 nitrogen and oxygen atoms in total. The van der Waals surface area contributed by atoms with Crippen LogP contribution in [0.2, 0.25) is 0 Å². The Morgan fingerprint density at radius 1 is 1.26 bits per heavy atom. The molecule has 0 unspecified atom stereocenters. The smallest absolute Gasteiger partial charge is 0.405 e. The van der Waals surface area contributed by atoms with Gasteiger partial charge in [-0.2, -0.15) is 4.73 Å². The molecular weight excluding hydrogens is 364 g/mol. The molecule has 2 aromatic rings. The van der Waals surface area contributed by atoms with Crippen LogP contribution in [-0.2, 0) is 9.53 Å². The van der Waals surface area contributed by atoms with Crippen molar-refractivity contribution in [3.05, 3.63) is 69.6 Å². The third-order valence-electron chi connectivity index (χ3n) is 3.12. The first-order valence-electron chi connectivity index (χ1n) is 6.88. The first-order chi connectivity index (χ1) is 11.0. The van der Waals surface area contributed by atoms with E-state index in [0.29, 0.717) is 4.73 Å². The van der Waals surface area contributed by atoms with Gasteiger partial charge in [0.15, 0.2) is 12.8 Å². The van der Waals surface area contributed by atoms with E-state index in [1.807, 2.05) is 31.2 Å². The summed E-state index contributed by atoms with van der Waals surface area (Å²) in [6.45, 7) is 1.37. The first-order valence-corrected chi connectivity index (χ1v) is 7.67. The third kappa shape index (κ3) is 4.53. The van der Waals surface area contributed by atoms with E-state index in [2.05, 4.69) is 21.2 Å². The predicted octanol–water partition coefficient (Wildman–Crippen LogP) is 2.12. The SMILES string of the molecule is C[C@H](NC(=O)COC(=O)c1cccc[n+]1[O-])c1ccccc1Br. The van der Waals surface area contributed by atoms with Gasteiger partial charge in [-0.1, -0.05) is 34.1 Å². The number of nitrogens with one attached hydrogen (secondary N) is 1. The molecule has 0 aliphatic heterocycles. The minimum absolute atomic E-state index is 0.167. The van der Waals surface area contributed by atoms with E-state index in [0.717, 1.165) is 10.0 Å². The quantitative estimate of drug-likeness (QED) is 0.490. The molecule has 0 bridgehead atoms. The summed E-state index contributed by atoms with van der Waals surface area (Å²) in [5.74, 6) is -1.29. The molecule has 0 aliphatic carbocycles. The molecule has 7 heteroatoms. The second kappa shape index (κ2) is 7.73. The van der Waals surface area contributed by atoms with Crippen LogP contribution in [-0.4, -0.2) is 18.5 Å². The number of hydrogen-bond acceptors (Lipinski definition) is 4. The second-order valence-electron chi connectivity index (χ2n) is 4.80. The molecule has 23 heavy (non-hydrogen) atoms. The van der Waals surface area contributed by atoms with E-state index in [-0.39, 0.29) is 11.7 Å². The van der Waals surface area contributed by atoms with Crippen molar-refractivity contribution >= 4 is 27.8 Å². The topological polar surface area (TPSA) is 82.3 Å². The molecule has 0 radical (unpaired) electrons. The number of rotatable bonds is 5. The van der Waals surface area contributed by atoms with Gasteiger partial charge in [0.05, 0.1) is 6.04 Å². The van der Waals surface area contributed by atoms with Crippen molar-refractivity contribution in [1.82, 2.24) is 5.32 Å². The highest BCUT2D eigenvalue weighted by atomic mass is 79.9. The lowest BCUT2D eigenvalue weighted by Crippen LogP contribution is -2.36. The molecule has 0 spiro atoms. The zero-order valence-electron chi connectivity index (χ0n) is 12.4. The van der Waals surface area contributed by atoms with Gasteiger partial charge in [0.2, 0.25) is 0 Å². The maximum Gasteiger partial charge on any atom is 0.405 e. The van der Waals surface area contributed by atoms with Crippen molar-refractivity contribution < 1.29 is 19.1 Å². The number of carbonyl (C=O) groups excluding carboxylic acids is 2. The largest absolute Gasteiger partial charge is 0.618 e. The van der Waals surface area contributed by atoms with E-state index in [1.165, 1.54) is 18.3 Å². The van der Waals surface area contributed by atoms with Crippen LogP contribution in [0, 0.1) is 5.21 Å². The zero-order valence-corrected chi connectivity index (χ0v) is 13.9. The van der Waals surface area contributed by atoms with Crippen LogP contribution >= 0.6 is 15.9 Å². The Balaban J connectivity index is 1.89. The molecule has 1 N–H and O–H groups in total. The van der Waals surface area contributed by atoms with Crippen LogP contribution in [0.3, 0.4) is 0 Å². The molecule has 0 fully saturated rings. The highest BCUT2D eigenvalue weighted by Gasteiger charge is 2.19. The van der Waals surface area contributed by atoms with E-state index in [4.69, 9.17) is 4.74 Å². The summed E-state index contributed by atoms with van der Waals surface area (Å²) in [4.78, 5) is 23.6. The van der Waals surface area contributed by atoms with Crippen LogP contribution in [0.4, 0.5) is 0 Å². The molecular formula is C16H15BrN2O4. The van der Waals surface area contributed by atoms with Gasteiger partial charge in [0, 0.05) is 16.6 Å². The van der Waals surface area contributed by atoms with Crippen LogP contribution in [0.15, 0.2) is 53.1 Å². The van der Waals surface area contributed by atoms with E-state index in [9.17, 15) is 14.8 Å². The van der Waals surface area contributed by atoms with Gasteiger partial charge < -0.3 is 15.3 Å². The molecule has 2 rings (SSSR count). The Bertz CT molecular complexity index is 721. The summed E-state index contributed by atoms with van der Waals surface area (Å²) in [5, 5.41) is 14.1. The fraction of sp³-hybridized carbons (Fsp3) is 0.188. The monoisotopic (exact) mass is 378 g/mol. The van der Waals surface area contributed by atoms with Crippen molar-refractivity contribution in [2.24, 2.45) is 0 Å². The van der Waals surface area contributed by atoms with Crippen molar-refractivity contribution in [2.75, 3.05) is 6.61 Å². The number of halogens is 1. The summed E-state index contributed by atoms with van der Waals surface area (Å²) >= 11 is 3.41. The zero-order chi connectivity index (χ0) is 16.8. The molecule has 0 aliphatic rings. The van der Waals surface area contributed by atoms with E-state index < -0.39 is 18.5 Å². The Kier molecular flexibility index (Phi) is 5.70. The van der Waals surface area contributed by atoms with Gasteiger partial charge >= 0.3 is 11.7 Å². The maximum atomic E-state index is 11.9. The summed E-state index contributed by atoms with van der Waals surface area (Å²) in [6.07, 6.45) is 1.19. The van der Waals surface area contributed by atoms with Gasteiger partial charge in [-0.15, -0.1) is 0 Å². The Labute approximate surface area is 141 Å². The fourth-order valence-corrected chi connectivity index (χ4v) is 2.61. The van der Waals surface area contributed by atoms with Gasteiger partial charge in [-0.25, -0.2) is 4.79 Å². The first kappa shape index (κ1) is 17.0. The number of carbonyl (C=O) groups is 2. The van der Waals surface area contributed by atoms with Gasteiger partial charge in [0.25, 0.3) is 5.91 Å². The van der Waals surface area contributed by atoms with E-state index >= 15 is 0 Å². The highest BCUT2D eigenvalue weighted by Crippen LogP contribution is 2.22.